The lowest BCUT2D eigenvalue weighted by Gasteiger charge is -2.09. The minimum Gasteiger partial charge on any atom is -0.462 e. The Labute approximate surface area is 162 Å². The van der Waals surface area contributed by atoms with E-state index < -0.39 is 24.3 Å². The summed E-state index contributed by atoms with van der Waals surface area (Å²) < 4.78 is 10.3. The molecule has 0 saturated heterocycles. The lowest BCUT2D eigenvalue weighted by molar-refractivity contribution is 0.0469. The van der Waals surface area contributed by atoms with Crippen molar-refractivity contribution in [2.75, 3.05) is 19.0 Å². The Morgan fingerprint density at radius 2 is 1.63 bits per heavy atom. The summed E-state index contributed by atoms with van der Waals surface area (Å²) in [5.74, 6) is -0.774. The zero-order valence-corrected chi connectivity index (χ0v) is 16.7. The molecule has 6 nitrogen and oxygen atoms in total. The van der Waals surface area contributed by atoms with Crippen molar-refractivity contribution >= 4 is 29.5 Å². The van der Waals surface area contributed by atoms with Crippen molar-refractivity contribution in [3.8, 4) is 0 Å². The first kappa shape index (κ1) is 20.8. The van der Waals surface area contributed by atoms with E-state index in [4.69, 9.17) is 9.47 Å². The molecule has 27 heavy (non-hydrogen) atoms. The normalized spacial score (nSPS) is 10.5. The Kier molecular flexibility index (Phi) is 7.24. The van der Waals surface area contributed by atoms with Gasteiger partial charge >= 0.3 is 11.9 Å². The number of esters is 2. The van der Waals surface area contributed by atoms with Gasteiger partial charge in [0.15, 0.2) is 6.61 Å². The third-order valence-electron chi connectivity index (χ3n) is 3.87. The molecule has 1 heterocycles. The van der Waals surface area contributed by atoms with E-state index in [0.717, 1.165) is 10.6 Å². The van der Waals surface area contributed by atoms with Crippen LogP contribution in [0.2, 0.25) is 0 Å². The van der Waals surface area contributed by atoms with Gasteiger partial charge < -0.3 is 14.5 Å². The molecule has 1 aromatic carbocycles. The Morgan fingerprint density at radius 1 is 0.963 bits per heavy atom. The third-order valence-corrected chi connectivity index (χ3v) is 4.83. The van der Waals surface area contributed by atoms with Gasteiger partial charge in [-0.05, 0) is 38.7 Å². The number of hydrogen-bond donors (Lipinski definition) is 1. The molecule has 0 fully saturated rings. The number of carbonyl (C=O) groups is 3. The van der Waals surface area contributed by atoms with Crippen molar-refractivity contribution in [3.63, 3.8) is 0 Å². The van der Waals surface area contributed by atoms with E-state index in [1.54, 1.807) is 32.9 Å². The van der Waals surface area contributed by atoms with Crippen LogP contribution in [0.4, 0.5) is 0 Å². The Hall–Kier alpha value is -2.54. The number of H-pyrrole nitrogens is 1. The highest BCUT2D eigenvalue weighted by atomic mass is 32.2. The van der Waals surface area contributed by atoms with Crippen molar-refractivity contribution in [2.45, 2.75) is 32.6 Å². The van der Waals surface area contributed by atoms with Crippen LogP contribution in [-0.2, 0) is 9.47 Å². The number of thioether (sulfide) groups is 1. The molecule has 7 heteroatoms. The molecule has 0 aliphatic rings. The van der Waals surface area contributed by atoms with E-state index in [0.29, 0.717) is 17.0 Å². The summed E-state index contributed by atoms with van der Waals surface area (Å²) in [6, 6.07) is 7.10. The second-order valence-corrected chi connectivity index (χ2v) is 7.08. The molecule has 0 bridgehead atoms. The van der Waals surface area contributed by atoms with Crippen LogP contribution in [0.1, 0.15) is 56.3 Å². The minimum absolute atomic E-state index is 0.192. The molecule has 1 aromatic heterocycles. The average Bonchev–Trinajstić information content (AvgIpc) is 2.94. The van der Waals surface area contributed by atoms with Crippen LogP contribution in [0.5, 0.6) is 0 Å². The Balaban J connectivity index is 2.17. The highest BCUT2D eigenvalue weighted by Crippen LogP contribution is 2.24. The number of Topliss-reactive ketones (excluding diaryl/α,β-unsaturated/α-hetero) is 1. The van der Waals surface area contributed by atoms with E-state index in [1.165, 1.54) is 11.8 Å². The molecule has 0 aliphatic carbocycles. The smallest absolute Gasteiger partial charge is 0.340 e. The molecule has 0 radical (unpaired) electrons. The van der Waals surface area contributed by atoms with E-state index in [2.05, 4.69) is 4.98 Å². The molecule has 2 rings (SSSR count). The fourth-order valence-electron chi connectivity index (χ4n) is 2.79. The first-order valence-electron chi connectivity index (χ1n) is 8.69. The summed E-state index contributed by atoms with van der Waals surface area (Å²) >= 11 is 1.53. The largest absolute Gasteiger partial charge is 0.462 e. The van der Waals surface area contributed by atoms with Gasteiger partial charge in [-0.25, -0.2) is 9.59 Å². The van der Waals surface area contributed by atoms with Crippen LogP contribution in [0.15, 0.2) is 29.2 Å². The van der Waals surface area contributed by atoms with Crippen LogP contribution in [0.25, 0.3) is 0 Å². The minimum atomic E-state index is -0.571. The number of aromatic nitrogens is 1. The van der Waals surface area contributed by atoms with Crippen LogP contribution >= 0.6 is 11.8 Å². The number of hydrogen-bond acceptors (Lipinski definition) is 6. The lowest BCUT2D eigenvalue weighted by atomic mass is 10.1. The first-order chi connectivity index (χ1) is 12.9. The highest BCUT2D eigenvalue weighted by molar-refractivity contribution is 7.99. The van der Waals surface area contributed by atoms with Crippen molar-refractivity contribution in [1.29, 1.82) is 0 Å². The second kappa shape index (κ2) is 9.41. The monoisotopic (exact) mass is 389 g/mol. The first-order valence-corrected chi connectivity index (χ1v) is 9.67. The van der Waals surface area contributed by atoms with E-state index >= 15 is 0 Å². The van der Waals surface area contributed by atoms with Crippen molar-refractivity contribution in [1.82, 2.24) is 4.98 Å². The van der Waals surface area contributed by atoms with Crippen molar-refractivity contribution in [3.05, 3.63) is 52.3 Å². The SMILES string of the molecule is CCOC(=O)c1c(C)[nH]c(C)c1C(=O)COC(=O)c1ccccc1SCC. The summed E-state index contributed by atoms with van der Waals surface area (Å²) in [6.07, 6.45) is 0. The summed E-state index contributed by atoms with van der Waals surface area (Å²) in [7, 11) is 0. The van der Waals surface area contributed by atoms with Crippen molar-refractivity contribution in [2.24, 2.45) is 0 Å². The second-order valence-electron chi connectivity index (χ2n) is 5.77. The number of carbonyl (C=O) groups excluding carboxylic acids is 3. The zero-order valence-electron chi connectivity index (χ0n) is 15.9. The summed E-state index contributed by atoms with van der Waals surface area (Å²) in [5, 5.41) is 0. The maximum atomic E-state index is 12.6. The summed E-state index contributed by atoms with van der Waals surface area (Å²) in [5.41, 5.74) is 1.90. The fraction of sp³-hybridized carbons (Fsp3) is 0.350. The molecule has 0 saturated carbocycles. The predicted octanol–water partition coefficient (Wildman–Crippen LogP) is 3.96. The fourth-order valence-corrected chi connectivity index (χ4v) is 3.58. The van der Waals surface area contributed by atoms with Gasteiger partial charge in [-0.2, -0.15) is 0 Å². The van der Waals surface area contributed by atoms with Gasteiger partial charge in [0.2, 0.25) is 5.78 Å². The van der Waals surface area contributed by atoms with Gasteiger partial charge in [-0.1, -0.05) is 19.1 Å². The van der Waals surface area contributed by atoms with E-state index in [1.807, 2.05) is 19.1 Å². The average molecular weight is 389 g/mol. The lowest BCUT2D eigenvalue weighted by Crippen LogP contribution is -2.18. The number of rotatable bonds is 8. The number of ketones is 1. The Bertz CT molecular complexity index is 856. The van der Waals surface area contributed by atoms with Gasteiger partial charge in [-0.3, -0.25) is 4.79 Å². The third kappa shape index (κ3) is 4.80. The predicted molar refractivity (Wildman–Crippen MR) is 104 cm³/mol. The summed E-state index contributed by atoms with van der Waals surface area (Å²) in [4.78, 5) is 41.0. The van der Waals surface area contributed by atoms with E-state index in [-0.39, 0.29) is 17.7 Å². The summed E-state index contributed by atoms with van der Waals surface area (Å²) in [6.45, 7) is 6.83. The standard InChI is InChI=1S/C20H23NO5S/c1-5-25-20(24)18-13(4)21-12(3)17(18)15(22)11-26-19(23)14-9-7-8-10-16(14)27-6-2/h7-10,21H,5-6,11H2,1-4H3. The van der Waals surface area contributed by atoms with Crippen molar-refractivity contribution < 1.29 is 23.9 Å². The molecule has 0 spiro atoms. The maximum Gasteiger partial charge on any atom is 0.340 e. The van der Waals surface area contributed by atoms with Crippen LogP contribution < -0.4 is 0 Å². The molecular formula is C20H23NO5S. The number of ether oxygens (including phenoxy) is 2. The molecule has 0 atom stereocenters. The molecule has 1 N–H and O–H groups in total. The molecule has 0 amide bonds. The zero-order chi connectivity index (χ0) is 20.0. The van der Waals surface area contributed by atoms with Gasteiger partial charge in [0, 0.05) is 16.3 Å². The number of nitrogens with one attached hydrogen (secondary N) is 1. The number of aryl methyl sites for hydroxylation is 2. The Morgan fingerprint density at radius 3 is 2.30 bits per heavy atom. The van der Waals surface area contributed by atoms with Gasteiger partial charge in [-0.15, -0.1) is 11.8 Å². The quantitative estimate of drug-likeness (QED) is 0.418. The van der Waals surface area contributed by atoms with Crippen LogP contribution in [0.3, 0.4) is 0 Å². The topological polar surface area (TPSA) is 85.5 Å². The number of benzene rings is 1. The number of aromatic amines is 1. The van der Waals surface area contributed by atoms with Gasteiger partial charge in [0.1, 0.15) is 0 Å². The van der Waals surface area contributed by atoms with Gasteiger partial charge in [0.25, 0.3) is 0 Å². The maximum absolute atomic E-state index is 12.6. The van der Waals surface area contributed by atoms with Crippen LogP contribution in [-0.4, -0.2) is 41.7 Å². The molecular weight excluding hydrogens is 366 g/mol. The molecule has 0 aliphatic heterocycles. The highest BCUT2D eigenvalue weighted by Gasteiger charge is 2.26. The molecule has 0 unspecified atom stereocenters. The molecule has 2 aromatic rings. The van der Waals surface area contributed by atoms with E-state index in [9.17, 15) is 14.4 Å². The molecule has 144 valence electrons. The van der Waals surface area contributed by atoms with Gasteiger partial charge in [0.05, 0.1) is 23.3 Å². The van der Waals surface area contributed by atoms with Crippen LogP contribution in [0, 0.1) is 13.8 Å².